The highest BCUT2D eigenvalue weighted by atomic mass is 32.2. The number of nitro groups is 1. The number of hydrogen-bond acceptors (Lipinski definition) is 9. The van der Waals surface area contributed by atoms with Gasteiger partial charge in [0.2, 0.25) is 5.16 Å². The maximum atomic E-state index is 14.5. The summed E-state index contributed by atoms with van der Waals surface area (Å²) in [7, 11) is 0. The molecule has 3 aromatic rings. The van der Waals surface area contributed by atoms with Gasteiger partial charge in [0, 0.05) is 28.8 Å². The Bertz CT molecular complexity index is 1470. The van der Waals surface area contributed by atoms with Crippen molar-refractivity contribution in [3.05, 3.63) is 57.5 Å². The van der Waals surface area contributed by atoms with Gasteiger partial charge in [-0.05, 0) is 34.3 Å². The maximum absolute atomic E-state index is 14.5. The molecule has 2 aromatic heterocycles. The molecule has 2 N–H and O–H groups in total. The number of nitrogens with one attached hydrogen (secondary N) is 1. The number of nitrogens with zero attached hydrogens (tertiary/aromatic N) is 6. The van der Waals surface area contributed by atoms with Crippen molar-refractivity contribution in [2.24, 2.45) is 0 Å². The lowest BCUT2D eigenvalue weighted by molar-refractivity contribution is -0.399. The van der Waals surface area contributed by atoms with Gasteiger partial charge >= 0.3 is 23.9 Å². The Kier molecular flexibility index (Phi) is 8.49. The van der Waals surface area contributed by atoms with Gasteiger partial charge in [0.15, 0.2) is 11.6 Å². The van der Waals surface area contributed by atoms with Crippen molar-refractivity contribution in [1.82, 2.24) is 25.2 Å². The number of aliphatic hydroxyl groups excluding tert-OH is 1. The van der Waals surface area contributed by atoms with E-state index in [1.54, 1.807) is 5.32 Å². The van der Waals surface area contributed by atoms with Crippen molar-refractivity contribution in [3.63, 3.8) is 0 Å². The summed E-state index contributed by atoms with van der Waals surface area (Å²) < 4.78 is 135. The number of rotatable bonds is 10. The number of carbonyl (C=O) groups excluding carboxylic acids is 1. The molecular formula is C19H11F10N7O4S. The first-order valence-corrected chi connectivity index (χ1v) is 11.2. The summed E-state index contributed by atoms with van der Waals surface area (Å²) in [5.74, 6) is -25.4. The van der Waals surface area contributed by atoms with Gasteiger partial charge in [-0.1, -0.05) is 0 Å². The molecule has 0 saturated carbocycles. The molecule has 22 heteroatoms. The predicted octanol–water partition coefficient (Wildman–Crippen LogP) is 4.44. The second kappa shape index (κ2) is 11.1. The molecule has 1 aromatic carbocycles. The number of halogens is 10. The lowest BCUT2D eigenvalue weighted by Crippen LogP contribution is -2.59. The first-order chi connectivity index (χ1) is 18.8. The first kappa shape index (κ1) is 31.4. The zero-order valence-electron chi connectivity index (χ0n) is 19.3. The molecule has 0 atom stereocenters. The van der Waals surface area contributed by atoms with Crippen molar-refractivity contribution in [3.8, 4) is 0 Å². The van der Waals surface area contributed by atoms with E-state index < -0.39 is 75.9 Å². The molecule has 0 aliphatic carbocycles. The second-order valence-electron chi connectivity index (χ2n) is 7.68. The van der Waals surface area contributed by atoms with Crippen molar-refractivity contribution >= 4 is 29.2 Å². The topological polar surface area (TPSA) is 149 Å². The third-order valence-electron chi connectivity index (χ3n) is 5.01. The lowest BCUT2D eigenvalue weighted by atomic mass is 9.98. The number of anilines is 1. The number of aliphatic hydroxyl groups is 1. The average Bonchev–Trinajstić information content (AvgIpc) is 3.31. The highest BCUT2D eigenvalue weighted by Crippen LogP contribution is 2.56. The Morgan fingerprint density at radius 1 is 1.07 bits per heavy atom. The van der Waals surface area contributed by atoms with Gasteiger partial charge < -0.3 is 10.4 Å². The minimum atomic E-state index is -7.24. The van der Waals surface area contributed by atoms with E-state index >= 15 is 0 Å². The number of amides is 1. The normalized spacial score (nSPS) is 12.9. The average molecular weight is 623 g/mol. The molecule has 0 saturated heterocycles. The number of benzene rings is 1. The molecule has 41 heavy (non-hydrogen) atoms. The van der Waals surface area contributed by atoms with Crippen LogP contribution in [-0.4, -0.2) is 65.8 Å². The summed E-state index contributed by atoms with van der Waals surface area (Å²) in [5, 5.41) is 32.4. The van der Waals surface area contributed by atoms with Crippen LogP contribution in [0.25, 0.3) is 0 Å². The van der Waals surface area contributed by atoms with E-state index in [1.165, 1.54) is 0 Å². The Morgan fingerprint density at radius 3 is 2.29 bits per heavy atom. The molecule has 0 radical (unpaired) electrons. The SMILES string of the molecule is O=C(Nc1ncc(C(F)(F)C(F)(F)C(F)(F)C(F)(F)F)cc1F)c1cc([N+](=O)[O-])ccc1Sc1nnnn1CCO. The van der Waals surface area contributed by atoms with Crippen LogP contribution in [0.3, 0.4) is 0 Å². The van der Waals surface area contributed by atoms with Crippen LogP contribution in [0.2, 0.25) is 0 Å². The largest absolute Gasteiger partial charge is 0.460 e. The van der Waals surface area contributed by atoms with Gasteiger partial charge in [-0.15, -0.1) is 5.10 Å². The van der Waals surface area contributed by atoms with Crippen LogP contribution >= 0.6 is 11.8 Å². The lowest BCUT2D eigenvalue weighted by Gasteiger charge is -2.33. The van der Waals surface area contributed by atoms with Crippen LogP contribution in [0.4, 0.5) is 55.4 Å². The molecule has 0 bridgehead atoms. The predicted molar refractivity (Wildman–Crippen MR) is 114 cm³/mol. The van der Waals surface area contributed by atoms with Crippen molar-refractivity contribution < 1.29 is 58.7 Å². The highest BCUT2D eigenvalue weighted by molar-refractivity contribution is 7.99. The number of pyridine rings is 1. The number of non-ortho nitro benzene ring substituents is 1. The van der Waals surface area contributed by atoms with E-state index in [0.717, 1.165) is 16.8 Å². The molecule has 0 fully saturated rings. The Morgan fingerprint density at radius 2 is 1.73 bits per heavy atom. The molecule has 0 unspecified atom stereocenters. The van der Waals surface area contributed by atoms with Gasteiger partial charge in [-0.3, -0.25) is 14.9 Å². The summed E-state index contributed by atoms with van der Waals surface area (Å²) >= 11 is 0.636. The number of hydrogen-bond donors (Lipinski definition) is 2. The van der Waals surface area contributed by atoms with E-state index in [-0.39, 0.29) is 22.8 Å². The van der Waals surface area contributed by atoms with E-state index in [1.807, 2.05) is 0 Å². The number of nitro benzene ring substituents is 1. The third kappa shape index (κ3) is 5.87. The Labute approximate surface area is 223 Å². The van der Waals surface area contributed by atoms with Crippen LogP contribution in [0.5, 0.6) is 0 Å². The minimum Gasteiger partial charge on any atom is -0.394 e. The van der Waals surface area contributed by atoms with Crippen molar-refractivity contribution in [2.45, 2.75) is 40.5 Å². The van der Waals surface area contributed by atoms with E-state index in [0.29, 0.717) is 17.8 Å². The van der Waals surface area contributed by atoms with Crippen LogP contribution < -0.4 is 5.32 Å². The molecule has 11 nitrogen and oxygen atoms in total. The van der Waals surface area contributed by atoms with Gasteiger partial charge in [-0.25, -0.2) is 14.1 Å². The number of alkyl halides is 9. The monoisotopic (exact) mass is 623 g/mol. The third-order valence-corrected chi connectivity index (χ3v) is 6.06. The van der Waals surface area contributed by atoms with E-state index in [9.17, 15) is 58.8 Å². The maximum Gasteiger partial charge on any atom is 0.460 e. The number of tetrazole rings is 1. The van der Waals surface area contributed by atoms with E-state index in [2.05, 4.69) is 20.5 Å². The summed E-state index contributed by atoms with van der Waals surface area (Å²) in [4.78, 5) is 25.9. The van der Waals surface area contributed by atoms with Crippen LogP contribution in [-0.2, 0) is 12.5 Å². The summed E-state index contributed by atoms with van der Waals surface area (Å²) in [5.41, 5.74) is -3.62. The zero-order valence-corrected chi connectivity index (χ0v) is 20.2. The Hall–Kier alpha value is -4.08. The molecule has 2 heterocycles. The smallest absolute Gasteiger partial charge is 0.394 e. The van der Waals surface area contributed by atoms with Crippen molar-refractivity contribution in [2.75, 3.05) is 11.9 Å². The fraction of sp³-hybridized carbons (Fsp3) is 0.316. The summed E-state index contributed by atoms with van der Waals surface area (Å²) in [6, 6.07) is 2.14. The molecule has 0 spiro atoms. The summed E-state index contributed by atoms with van der Waals surface area (Å²) in [6.07, 6.45) is -7.47. The molecule has 222 valence electrons. The van der Waals surface area contributed by atoms with Crippen LogP contribution in [0, 0.1) is 15.9 Å². The fourth-order valence-corrected chi connectivity index (χ4v) is 3.84. The molecule has 3 rings (SSSR count). The van der Waals surface area contributed by atoms with Crippen molar-refractivity contribution in [1.29, 1.82) is 0 Å². The Balaban J connectivity index is 1.96. The minimum absolute atomic E-state index is 0.0329. The highest BCUT2D eigenvalue weighted by Gasteiger charge is 2.82. The molecule has 0 aliphatic heterocycles. The first-order valence-electron chi connectivity index (χ1n) is 10.4. The molecule has 1 amide bonds. The van der Waals surface area contributed by atoms with E-state index in [4.69, 9.17) is 5.11 Å². The van der Waals surface area contributed by atoms with Crippen LogP contribution in [0.15, 0.2) is 40.5 Å². The molecular weight excluding hydrogens is 612 g/mol. The molecule has 0 aliphatic rings. The second-order valence-corrected chi connectivity index (χ2v) is 8.69. The number of aromatic nitrogens is 5. The van der Waals surface area contributed by atoms with Gasteiger partial charge in [0.25, 0.3) is 11.6 Å². The quantitative estimate of drug-likeness (QED) is 0.190. The standard InChI is InChI=1S/C19H11F10N7O4S/c20-11-5-8(16(21,22)17(23,24)18(25,26)19(27,28)29)7-30-13(11)31-14(38)10-6-9(36(39)40)1-2-12(10)41-15-32-33-34-35(15)3-4-37/h1-2,5-7,37H,3-4H2,(H,30,31,38). The van der Waals surface area contributed by atoms with Gasteiger partial charge in [0.05, 0.1) is 23.6 Å². The van der Waals surface area contributed by atoms with Crippen LogP contribution in [0.1, 0.15) is 15.9 Å². The fourth-order valence-electron chi connectivity index (χ4n) is 2.93. The van der Waals surface area contributed by atoms with Gasteiger partial charge in [0.1, 0.15) is 0 Å². The zero-order chi connectivity index (χ0) is 31.0. The van der Waals surface area contributed by atoms with Gasteiger partial charge in [-0.2, -0.15) is 39.5 Å². The number of carbonyl (C=O) groups is 1. The summed E-state index contributed by atoms with van der Waals surface area (Å²) in [6.45, 7) is -0.518.